The molecule has 16 heavy (non-hydrogen) atoms. The van der Waals surface area contributed by atoms with Crippen LogP contribution in [0.1, 0.15) is 18.4 Å². The largest absolute Gasteiger partial charge is 0.301 e. The highest BCUT2D eigenvalue weighted by molar-refractivity contribution is 9.10. The Balaban J connectivity index is 1.90. The normalized spacial score (nSPS) is 17.1. The lowest BCUT2D eigenvalue weighted by atomic mass is 10.1. The first kappa shape index (κ1) is 11.6. The smallest absolute Gasteiger partial charge is 0.0703 e. The lowest BCUT2D eigenvalue weighted by Crippen LogP contribution is -2.25. The van der Waals surface area contributed by atoms with E-state index in [-0.39, 0.29) is 5.41 Å². The summed E-state index contributed by atoms with van der Waals surface area (Å²) in [5.41, 5.74) is 1.25. The zero-order valence-electron chi connectivity index (χ0n) is 9.41. The monoisotopic (exact) mass is 278 g/mol. The molecule has 0 saturated heterocycles. The van der Waals surface area contributed by atoms with Gasteiger partial charge < -0.3 is 4.90 Å². The quantitative estimate of drug-likeness (QED) is 0.846. The van der Waals surface area contributed by atoms with E-state index in [1.54, 1.807) is 0 Å². The highest BCUT2D eigenvalue weighted by Gasteiger charge is 2.43. The van der Waals surface area contributed by atoms with Crippen LogP contribution in [0.2, 0.25) is 0 Å². The number of nitriles is 1. The molecule has 0 bridgehead atoms. The Morgan fingerprint density at radius 3 is 2.50 bits per heavy atom. The SMILES string of the molecule is CN(Cc1ccc(Br)cc1)CC1(C#N)CC1. The maximum absolute atomic E-state index is 9.03. The van der Waals surface area contributed by atoms with E-state index in [0.29, 0.717) is 0 Å². The lowest BCUT2D eigenvalue weighted by Gasteiger charge is -2.19. The van der Waals surface area contributed by atoms with E-state index >= 15 is 0 Å². The minimum Gasteiger partial charge on any atom is -0.301 e. The molecule has 0 unspecified atom stereocenters. The molecule has 1 aliphatic rings. The summed E-state index contributed by atoms with van der Waals surface area (Å²) >= 11 is 3.43. The summed E-state index contributed by atoms with van der Waals surface area (Å²) < 4.78 is 1.11. The highest BCUT2D eigenvalue weighted by atomic mass is 79.9. The van der Waals surface area contributed by atoms with Gasteiger partial charge in [0.05, 0.1) is 11.5 Å². The predicted molar refractivity (Wildman–Crippen MR) is 67.8 cm³/mol. The summed E-state index contributed by atoms with van der Waals surface area (Å²) in [6.45, 7) is 1.80. The fraction of sp³-hybridized carbons (Fsp3) is 0.462. The predicted octanol–water partition coefficient (Wildman–Crippen LogP) is 3.18. The van der Waals surface area contributed by atoms with E-state index in [4.69, 9.17) is 5.26 Å². The fourth-order valence-corrected chi connectivity index (χ4v) is 2.19. The van der Waals surface area contributed by atoms with Crippen LogP contribution in [0.4, 0.5) is 0 Å². The summed E-state index contributed by atoms with van der Waals surface area (Å²) in [7, 11) is 2.08. The fourth-order valence-electron chi connectivity index (χ4n) is 1.93. The molecule has 84 valence electrons. The van der Waals surface area contributed by atoms with Crippen LogP contribution in [0.5, 0.6) is 0 Å². The van der Waals surface area contributed by atoms with E-state index in [1.807, 2.05) is 0 Å². The van der Waals surface area contributed by atoms with Crippen molar-refractivity contribution < 1.29 is 0 Å². The van der Waals surface area contributed by atoms with Gasteiger partial charge in [0.2, 0.25) is 0 Å². The van der Waals surface area contributed by atoms with Crippen molar-refractivity contribution in [3.8, 4) is 6.07 Å². The molecule has 3 heteroatoms. The molecular formula is C13H15BrN2. The van der Waals surface area contributed by atoms with Gasteiger partial charge in [0.1, 0.15) is 0 Å². The summed E-state index contributed by atoms with van der Waals surface area (Å²) in [6, 6.07) is 10.8. The molecular weight excluding hydrogens is 264 g/mol. The van der Waals surface area contributed by atoms with Crippen LogP contribution < -0.4 is 0 Å². The maximum Gasteiger partial charge on any atom is 0.0703 e. The maximum atomic E-state index is 9.03. The Morgan fingerprint density at radius 1 is 1.38 bits per heavy atom. The average Bonchev–Trinajstić information content (AvgIpc) is 3.02. The molecule has 1 aliphatic carbocycles. The van der Waals surface area contributed by atoms with Crippen LogP contribution in [0.25, 0.3) is 0 Å². The van der Waals surface area contributed by atoms with Crippen LogP contribution in [0.15, 0.2) is 28.7 Å². The van der Waals surface area contributed by atoms with Crippen molar-refractivity contribution in [3.63, 3.8) is 0 Å². The van der Waals surface area contributed by atoms with Crippen LogP contribution in [-0.4, -0.2) is 18.5 Å². The zero-order chi connectivity index (χ0) is 11.6. The highest BCUT2D eigenvalue weighted by Crippen LogP contribution is 2.45. The number of hydrogen-bond acceptors (Lipinski definition) is 2. The van der Waals surface area contributed by atoms with Gasteiger partial charge in [-0.1, -0.05) is 28.1 Å². The van der Waals surface area contributed by atoms with Gasteiger partial charge in [0, 0.05) is 17.6 Å². The molecule has 0 heterocycles. The van der Waals surface area contributed by atoms with Crippen molar-refractivity contribution in [1.82, 2.24) is 4.90 Å². The second kappa shape index (κ2) is 4.57. The molecule has 1 aromatic carbocycles. The molecule has 0 N–H and O–H groups in total. The van der Waals surface area contributed by atoms with Gasteiger partial charge in [-0.2, -0.15) is 5.26 Å². The summed E-state index contributed by atoms with van der Waals surface area (Å²) in [6.07, 6.45) is 2.13. The average molecular weight is 279 g/mol. The number of rotatable bonds is 4. The third kappa shape index (κ3) is 2.84. The molecule has 1 fully saturated rings. The zero-order valence-corrected chi connectivity index (χ0v) is 11.0. The summed E-state index contributed by atoms with van der Waals surface area (Å²) in [4.78, 5) is 2.24. The van der Waals surface area contributed by atoms with E-state index in [1.165, 1.54) is 5.56 Å². The van der Waals surface area contributed by atoms with Gasteiger partial charge in [-0.25, -0.2) is 0 Å². The molecule has 0 radical (unpaired) electrons. The standard InChI is InChI=1S/C13H15BrN2/c1-16(10-13(9-15)6-7-13)8-11-2-4-12(14)5-3-11/h2-5H,6-8,10H2,1H3. The first-order valence-electron chi connectivity index (χ1n) is 5.48. The van der Waals surface area contributed by atoms with Gasteiger partial charge in [0.25, 0.3) is 0 Å². The van der Waals surface area contributed by atoms with Crippen LogP contribution in [0.3, 0.4) is 0 Å². The van der Waals surface area contributed by atoms with Crippen molar-refractivity contribution in [2.24, 2.45) is 5.41 Å². The third-order valence-corrected chi connectivity index (χ3v) is 3.56. The first-order valence-corrected chi connectivity index (χ1v) is 6.27. The van der Waals surface area contributed by atoms with Crippen molar-refractivity contribution in [3.05, 3.63) is 34.3 Å². The van der Waals surface area contributed by atoms with E-state index in [9.17, 15) is 0 Å². The summed E-state index contributed by atoms with van der Waals surface area (Å²) in [5.74, 6) is 0. The molecule has 1 aromatic rings. The van der Waals surface area contributed by atoms with Gasteiger partial charge >= 0.3 is 0 Å². The van der Waals surface area contributed by atoms with Gasteiger partial charge in [-0.05, 0) is 37.6 Å². The van der Waals surface area contributed by atoms with Crippen molar-refractivity contribution in [2.45, 2.75) is 19.4 Å². The van der Waals surface area contributed by atoms with E-state index in [2.05, 4.69) is 58.2 Å². The Kier molecular flexibility index (Phi) is 3.32. The summed E-state index contributed by atoms with van der Waals surface area (Å²) in [5, 5.41) is 9.03. The Morgan fingerprint density at radius 2 is 2.00 bits per heavy atom. The topological polar surface area (TPSA) is 27.0 Å². The number of benzene rings is 1. The third-order valence-electron chi connectivity index (χ3n) is 3.03. The van der Waals surface area contributed by atoms with Gasteiger partial charge in [-0.15, -0.1) is 0 Å². The second-order valence-corrected chi connectivity index (χ2v) is 5.61. The Hall–Kier alpha value is -0.850. The van der Waals surface area contributed by atoms with Crippen molar-refractivity contribution >= 4 is 15.9 Å². The molecule has 0 spiro atoms. The molecule has 0 aromatic heterocycles. The molecule has 2 rings (SSSR count). The van der Waals surface area contributed by atoms with Gasteiger partial charge in [0.15, 0.2) is 0 Å². The number of nitrogens with zero attached hydrogens (tertiary/aromatic N) is 2. The van der Waals surface area contributed by atoms with Crippen LogP contribution in [-0.2, 0) is 6.54 Å². The van der Waals surface area contributed by atoms with Crippen molar-refractivity contribution in [1.29, 1.82) is 5.26 Å². The molecule has 2 nitrogen and oxygen atoms in total. The number of hydrogen-bond donors (Lipinski definition) is 0. The minimum absolute atomic E-state index is 0.0376. The van der Waals surface area contributed by atoms with Gasteiger partial charge in [-0.3, -0.25) is 0 Å². The Bertz CT molecular complexity index is 401. The van der Waals surface area contributed by atoms with E-state index in [0.717, 1.165) is 30.4 Å². The molecule has 1 saturated carbocycles. The second-order valence-electron chi connectivity index (χ2n) is 4.69. The van der Waals surface area contributed by atoms with Crippen LogP contribution in [0, 0.1) is 16.7 Å². The minimum atomic E-state index is -0.0376. The molecule has 0 amide bonds. The van der Waals surface area contributed by atoms with Crippen molar-refractivity contribution in [2.75, 3.05) is 13.6 Å². The Labute approximate surface area is 105 Å². The first-order chi connectivity index (χ1) is 7.63. The molecule has 0 aliphatic heterocycles. The number of halogens is 1. The van der Waals surface area contributed by atoms with E-state index < -0.39 is 0 Å². The van der Waals surface area contributed by atoms with Crippen LogP contribution >= 0.6 is 15.9 Å². The molecule has 0 atom stereocenters. The lowest BCUT2D eigenvalue weighted by molar-refractivity contribution is 0.286.